The Hall–Kier alpha value is -4.11. The smallest absolute Gasteiger partial charge is 0.336 e. The van der Waals surface area contributed by atoms with E-state index in [0.717, 1.165) is 25.7 Å². The number of aromatic nitrogens is 3. The van der Waals surface area contributed by atoms with Gasteiger partial charge in [0.1, 0.15) is 0 Å². The third-order valence-electron chi connectivity index (χ3n) is 6.29. The molecule has 2 aromatic rings. The summed E-state index contributed by atoms with van der Waals surface area (Å²) in [5.41, 5.74) is 5.22. The van der Waals surface area contributed by atoms with Crippen LogP contribution in [0.2, 0.25) is 0 Å². The van der Waals surface area contributed by atoms with E-state index in [2.05, 4.69) is 20.7 Å². The van der Waals surface area contributed by atoms with Gasteiger partial charge in [-0.25, -0.2) is 14.2 Å². The van der Waals surface area contributed by atoms with Crippen molar-refractivity contribution in [1.29, 1.82) is 0 Å². The van der Waals surface area contributed by atoms with E-state index in [9.17, 15) is 23.6 Å². The summed E-state index contributed by atoms with van der Waals surface area (Å²) in [5.74, 6) is -5.63. The molecule has 0 spiro atoms. The quantitative estimate of drug-likeness (QED) is 0.241. The van der Waals surface area contributed by atoms with E-state index in [1.54, 1.807) is 24.1 Å². The molecule has 1 amide bonds. The third-order valence-corrected chi connectivity index (χ3v) is 6.29. The number of nitrogens with one attached hydrogen (secondary N) is 2. The summed E-state index contributed by atoms with van der Waals surface area (Å²) >= 11 is 0. The zero-order valence-corrected chi connectivity index (χ0v) is 20.5. The van der Waals surface area contributed by atoms with E-state index in [1.165, 1.54) is 0 Å². The Morgan fingerprint density at radius 3 is 2.37 bits per heavy atom. The number of carbonyl (C=O) groups excluding carboxylic acids is 1. The molecule has 2 aliphatic rings. The Morgan fingerprint density at radius 2 is 1.84 bits per heavy atom. The lowest BCUT2D eigenvalue weighted by molar-refractivity contribution is -0.170. The van der Waals surface area contributed by atoms with Crippen LogP contribution in [-0.4, -0.2) is 76.7 Å². The van der Waals surface area contributed by atoms with Crippen LogP contribution >= 0.6 is 0 Å². The van der Waals surface area contributed by atoms with E-state index in [4.69, 9.17) is 26.2 Å². The molecule has 4 rings (SSSR count). The molecule has 8 N–H and O–H groups in total. The predicted octanol–water partition coefficient (Wildman–Crippen LogP) is 0.298. The number of nitrogens with two attached hydrogens (primary N) is 1. The summed E-state index contributed by atoms with van der Waals surface area (Å²) in [6.45, 7) is 0.168. The van der Waals surface area contributed by atoms with Gasteiger partial charge in [0.05, 0.1) is 30.3 Å². The Kier molecular flexibility index (Phi) is 8.63. The van der Waals surface area contributed by atoms with Gasteiger partial charge in [-0.1, -0.05) is 12.8 Å². The van der Waals surface area contributed by atoms with Crippen molar-refractivity contribution in [3.63, 3.8) is 0 Å². The van der Waals surface area contributed by atoms with Gasteiger partial charge in [-0.3, -0.25) is 19.1 Å². The highest BCUT2D eigenvalue weighted by Crippen LogP contribution is 2.33. The Bertz CT molecular complexity index is 1230. The summed E-state index contributed by atoms with van der Waals surface area (Å²) in [6.07, 6.45) is 5.07. The van der Waals surface area contributed by atoms with Crippen LogP contribution < -0.4 is 16.4 Å². The summed E-state index contributed by atoms with van der Waals surface area (Å²) in [7, 11) is 1.79. The first-order valence-corrected chi connectivity index (χ1v) is 11.7. The number of rotatable bonds is 8. The molecule has 1 fully saturated rings. The molecule has 1 saturated carbocycles. The number of anilines is 1. The van der Waals surface area contributed by atoms with E-state index < -0.39 is 42.2 Å². The number of pyridine rings is 1. The number of hydrogen-bond acceptors (Lipinski definition) is 9. The summed E-state index contributed by atoms with van der Waals surface area (Å²) < 4.78 is 16.6. The van der Waals surface area contributed by atoms with Crippen molar-refractivity contribution < 1.29 is 44.0 Å². The maximum absolute atomic E-state index is 15.0. The van der Waals surface area contributed by atoms with Crippen molar-refractivity contribution in [2.24, 2.45) is 12.8 Å². The van der Waals surface area contributed by atoms with Crippen LogP contribution in [0.4, 0.5) is 10.2 Å². The highest BCUT2D eigenvalue weighted by molar-refractivity contribution is 6.04. The lowest BCUT2D eigenvalue weighted by Gasteiger charge is -2.30. The van der Waals surface area contributed by atoms with Crippen LogP contribution in [0.5, 0.6) is 0 Å². The van der Waals surface area contributed by atoms with Crippen molar-refractivity contribution >= 4 is 29.6 Å². The van der Waals surface area contributed by atoms with Gasteiger partial charge in [0.15, 0.2) is 17.2 Å². The molecule has 3 heterocycles. The second-order valence-corrected chi connectivity index (χ2v) is 9.24. The van der Waals surface area contributed by atoms with Crippen LogP contribution in [0, 0.1) is 5.82 Å². The Morgan fingerprint density at radius 1 is 1.21 bits per heavy atom. The van der Waals surface area contributed by atoms with Gasteiger partial charge in [-0.05, 0) is 12.8 Å². The van der Waals surface area contributed by atoms with Crippen LogP contribution in [0.15, 0.2) is 12.4 Å². The topological polar surface area (TPSA) is 230 Å². The van der Waals surface area contributed by atoms with Gasteiger partial charge in [0, 0.05) is 43.0 Å². The molecule has 0 unspecified atom stereocenters. The van der Waals surface area contributed by atoms with E-state index in [1.807, 2.05) is 0 Å². The van der Waals surface area contributed by atoms with Crippen molar-refractivity contribution in [3.8, 4) is 11.3 Å². The molecule has 0 radical (unpaired) electrons. The molecule has 2 atom stereocenters. The first kappa shape index (κ1) is 28.5. The van der Waals surface area contributed by atoms with E-state index in [-0.39, 0.29) is 30.4 Å². The standard InChI is InChI=1S/C17H21FN6O.C6H8O7/c1-24-8-9(6-21-24)15-13-10(7-20-17(13)25)14(18)16(23-15)22-12-5-3-2-4-11(12)19;7-3(8)1-6(13,5(11)12)2-4(9)10/h6,8,11-12H,2-5,7,19H2,1H3,(H,20,25)(H,22,23);13H,1-2H2,(H,7,8)(H,9,10)(H,11,12)/t11-,12+;/m0./s1. The Labute approximate surface area is 215 Å². The predicted molar refractivity (Wildman–Crippen MR) is 129 cm³/mol. The van der Waals surface area contributed by atoms with Crippen LogP contribution in [0.25, 0.3) is 11.3 Å². The first-order chi connectivity index (χ1) is 17.8. The van der Waals surface area contributed by atoms with Crippen LogP contribution in [-0.2, 0) is 28.0 Å². The van der Waals surface area contributed by atoms with Gasteiger partial charge in [-0.2, -0.15) is 5.10 Å². The molecule has 0 bridgehead atoms. The number of halogens is 1. The molecule has 0 aromatic carbocycles. The van der Waals surface area contributed by atoms with E-state index >= 15 is 0 Å². The molecular formula is C23H29FN6O8. The molecule has 206 valence electrons. The molecule has 1 aliphatic carbocycles. The number of aliphatic carboxylic acids is 3. The SMILES string of the molecule is Cn1cc(-c2nc(N[C@@H]3CCCC[C@@H]3N)c(F)c3c2C(=O)NC3)cn1.O=C(O)CC(O)(CC(=O)O)C(=O)O. The lowest BCUT2D eigenvalue weighted by Crippen LogP contribution is -2.43. The molecule has 0 saturated heterocycles. The summed E-state index contributed by atoms with van der Waals surface area (Å²) in [6, 6.07) is -0.0367. The minimum atomic E-state index is -2.74. The fourth-order valence-corrected chi connectivity index (χ4v) is 4.36. The van der Waals surface area contributed by atoms with Gasteiger partial charge in [0.25, 0.3) is 5.91 Å². The van der Waals surface area contributed by atoms with Crippen LogP contribution in [0.1, 0.15) is 54.4 Å². The van der Waals surface area contributed by atoms with Crippen molar-refractivity contribution in [3.05, 3.63) is 29.3 Å². The first-order valence-electron chi connectivity index (χ1n) is 11.7. The highest BCUT2D eigenvalue weighted by atomic mass is 19.1. The average molecular weight is 537 g/mol. The maximum Gasteiger partial charge on any atom is 0.336 e. The third kappa shape index (κ3) is 6.41. The van der Waals surface area contributed by atoms with Gasteiger partial charge in [-0.15, -0.1) is 0 Å². The maximum atomic E-state index is 15.0. The second kappa shape index (κ2) is 11.5. The number of carbonyl (C=O) groups is 4. The zero-order valence-electron chi connectivity index (χ0n) is 20.5. The van der Waals surface area contributed by atoms with Gasteiger partial charge < -0.3 is 36.8 Å². The number of fused-ring (bicyclic) bond motifs is 1. The van der Waals surface area contributed by atoms with Crippen molar-refractivity contribution in [2.75, 3.05) is 5.32 Å². The molecule has 15 heteroatoms. The number of carboxylic acid groups (broad SMARTS) is 3. The number of aliphatic hydroxyl groups is 1. The van der Waals surface area contributed by atoms with Gasteiger partial charge >= 0.3 is 17.9 Å². The number of aryl methyl sites for hydroxylation is 1. The summed E-state index contributed by atoms with van der Waals surface area (Å²) in [5, 5.41) is 43.8. The number of hydrogen-bond donors (Lipinski definition) is 7. The normalized spacial score (nSPS) is 18.6. The number of amides is 1. The average Bonchev–Trinajstić information content (AvgIpc) is 3.42. The van der Waals surface area contributed by atoms with Crippen LogP contribution in [0.3, 0.4) is 0 Å². The fourth-order valence-electron chi connectivity index (χ4n) is 4.36. The largest absolute Gasteiger partial charge is 0.481 e. The minimum Gasteiger partial charge on any atom is -0.481 e. The fraction of sp³-hybridized carbons (Fsp3) is 0.478. The molecule has 2 aromatic heterocycles. The van der Waals surface area contributed by atoms with E-state index in [0.29, 0.717) is 22.4 Å². The number of carboxylic acids is 3. The molecule has 1 aliphatic heterocycles. The summed E-state index contributed by atoms with van der Waals surface area (Å²) in [4.78, 5) is 47.1. The second-order valence-electron chi connectivity index (χ2n) is 9.24. The Balaban J connectivity index is 0.000000263. The molecule has 38 heavy (non-hydrogen) atoms. The number of nitrogens with zero attached hydrogens (tertiary/aromatic N) is 3. The lowest BCUT2D eigenvalue weighted by atomic mass is 9.91. The highest BCUT2D eigenvalue weighted by Gasteiger charge is 2.40. The van der Waals surface area contributed by atoms with Crippen molar-refractivity contribution in [1.82, 2.24) is 20.1 Å². The molecular weight excluding hydrogens is 507 g/mol. The van der Waals surface area contributed by atoms with Gasteiger partial charge in [0.2, 0.25) is 0 Å². The minimum absolute atomic E-state index is 0.0133. The monoisotopic (exact) mass is 536 g/mol. The molecule has 14 nitrogen and oxygen atoms in total. The van der Waals surface area contributed by atoms with Crippen molar-refractivity contribution in [2.45, 2.75) is 62.8 Å². The zero-order chi connectivity index (χ0) is 28.2.